The Balaban J connectivity index is 2.16. The van der Waals surface area contributed by atoms with Crippen molar-refractivity contribution in [2.75, 3.05) is 0 Å². The molecule has 4 nitrogen and oxygen atoms in total. The Hall–Kier alpha value is -2.14. The Labute approximate surface area is 126 Å². The van der Waals surface area contributed by atoms with Crippen LogP contribution in [-0.4, -0.2) is 20.5 Å². The van der Waals surface area contributed by atoms with Crippen LogP contribution >= 0.6 is 11.6 Å². The van der Waals surface area contributed by atoms with Crippen molar-refractivity contribution < 1.29 is 9.13 Å². The molecule has 0 aliphatic carbocycles. The lowest BCUT2D eigenvalue weighted by atomic mass is 10.1. The van der Waals surface area contributed by atoms with Crippen molar-refractivity contribution in [3.63, 3.8) is 0 Å². The molecule has 0 atom stereocenters. The summed E-state index contributed by atoms with van der Waals surface area (Å²) in [5.41, 5.74) is 2.06. The van der Waals surface area contributed by atoms with Gasteiger partial charge in [-0.3, -0.25) is 4.40 Å². The van der Waals surface area contributed by atoms with Crippen LogP contribution in [0.2, 0.25) is 5.02 Å². The van der Waals surface area contributed by atoms with Crippen LogP contribution in [0.3, 0.4) is 0 Å². The number of ether oxygens (including phenoxy) is 1. The smallest absolute Gasteiger partial charge is 0.258 e. The zero-order chi connectivity index (χ0) is 15.0. The van der Waals surface area contributed by atoms with Crippen LogP contribution in [0.1, 0.15) is 13.8 Å². The number of benzene rings is 1. The summed E-state index contributed by atoms with van der Waals surface area (Å²) in [6.45, 7) is 3.84. The largest absolute Gasteiger partial charge is 0.472 e. The first-order valence-electron chi connectivity index (χ1n) is 6.50. The Morgan fingerprint density at radius 2 is 2.10 bits per heavy atom. The van der Waals surface area contributed by atoms with Gasteiger partial charge in [0.25, 0.3) is 5.88 Å². The summed E-state index contributed by atoms with van der Waals surface area (Å²) in [4.78, 5) is 8.53. The lowest BCUT2D eigenvalue weighted by Crippen LogP contribution is -2.08. The van der Waals surface area contributed by atoms with Gasteiger partial charge in [-0.1, -0.05) is 11.6 Å². The fraction of sp³-hybridized carbons (Fsp3) is 0.200. The van der Waals surface area contributed by atoms with Gasteiger partial charge in [0.15, 0.2) is 0 Å². The molecular weight excluding hydrogens is 293 g/mol. The van der Waals surface area contributed by atoms with Gasteiger partial charge in [0.05, 0.1) is 23.0 Å². The second-order valence-corrected chi connectivity index (χ2v) is 5.27. The Morgan fingerprint density at radius 1 is 1.29 bits per heavy atom. The topological polar surface area (TPSA) is 39.4 Å². The summed E-state index contributed by atoms with van der Waals surface area (Å²) >= 11 is 6.12. The number of halogens is 2. The van der Waals surface area contributed by atoms with Crippen molar-refractivity contribution >= 4 is 17.2 Å². The predicted octanol–water partition coefficient (Wildman–Crippen LogP) is 3.98. The molecule has 0 amide bonds. The Bertz CT molecular complexity index is 801. The molecule has 6 heteroatoms. The monoisotopic (exact) mass is 305 g/mol. The molecule has 0 unspecified atom stereocenters. The number of fused-ring (bicyclic) bond motifs is 1. The van der Waals surface area contributed by atoms with Gasteiger partial charge in [-0.2, -0.15) is 0 Å². The highest BCUT2D eigenvalue weighted by Crippen LogP contribution is 2.30. The standard InChI is InChI=1S/C15H13ClFN3O/c1-9(2)21-15-14-19-8-13(20(14)6-5-18-15)11-4-3-10(17)7-12(11)16/h3-9H,1-2H3. The lowest BCUT2D eigenvalue weighted by molar-refractivity contribution is 0.234. The third-order valence-electron chi connectivity index (χ3n) is 2.95. The van der Waals surface area contributed by atoms with E-state index in [4.69, 9.17) is 16.3 Å². The van der Waals surface area contributed by atoms with Gasteiger partial charge >= 0.3 is 0 Å². The molecule has 0 aliphatic rings. The molecule has 0 spiro atoms. The first kappa shape index (κ1) is 13.8. The van der Waals surface area contributed by atoms with E-state index in [9.17, 15) is 4.39 Å². The highest BCUT2D eigenvalue weighted by Gasteiger charge is 2.14. The van der Waals surface area contributed by atoms with Crippen LogP contribution in [0.5, 0.6) is 5.88 Å². The molecule has 0 N–H and O–H groups in total. The molecule has 21 heavy (non-hydrogen) atoms. The van der Waals surface area contributed by atoms with E-state index in [0.717, 1.165) is 5.69 Å². The molecule has 0 saturated carbocycles. The molecule has 2 heterocycles. The van der Waals surface area contributed by atoms with Crippen LogP contribution in [0, 0.1) is 5.82 Å². The van der Waals surface area contributed by atoms with Crippen molar-refractivity contribution in [1.82, 2.24) is 14.4 Å². The maximum Gasteiger partial charge on any atom is 0.258 e. The third-order valence-corrected chi connectivity index (χ3v) is 3.26. The quantitative estimate of drug-likeness (QED) is 0.735. The average molecular weight is 306 g/mol. The lowest BCUT2D eigenvalue weighted by Gasteiger charge is -2.10. The van der Waals surface area contributed by atoms with Gasteiger partial charge in [-0.05, 0) is 32.0 Å². The second-order valence-electron chi connectivity index (χ2n) is 4.86. The van der Waals surface area contributed by atoms with E-state index < -0.39 is 0 Å². The van der Waals surface area contributed by atoms with Gasteiger partial charge in [-0.15, -0.1) is 0 Å². The Morgan fingerprint density at radius 3 is 2.81 bits per heavy atom. The molecule has 0 radical (unpaired) electrons. The van der Waals surface area contributed by atoms with E-state index in [1.165, 1.54) is 12.1 Å². The summed E-state index contributed by atoms with van der Waals surface area (Å²) < 4.78 is 20.6. The number of nitrogens with zero attached hydrogens (tertiary/aromatic N) is 3. The van der Waals surface area contributed by atoms with Crippen molar-refractivity contribution in [3.8, 4) is 17.1 Å². The summed E-state index contributed by atoms with van der Waals surface area (Å²) in [5.74, 6) is 0.0834. The van der Waals surface area contributed by atoms with Crippen molar-refractivity contribution in [3.05, 3.63) is 47.6 Å². The van der Waals surface area contributed by atoms with Crippen LogP contribution in [0.15, 0.2) is 36.8 Å². The minimum atomic E-state index is -0.372. The molecule has 0 aliphatic heterocycles. The average Bonchev–Trinajstić information content (AvgIpc) is 2.83. The van der Waals surface area contributed by atoms with Crippen LogP contribution in [0.4, 0.5) is 4.39 Å². The molecule has 2 aromatic heterocycles. The first-order chi connectivity index (χ1) is 10.1. The van der Waals surface area contributed by atoms with E-state index in [1.54, 1.807) is 24.7 Å². The maximum atomic E-state index is 13.2. The Kier molecular flexibility index (Phi) is 3.51. The van der Waals surface area contributed by atoms with Gasteiger partial charge in [0.2, 0.25) is 5.65 Å². The van der Waals surface area contributed by atoms with E-state index >= 15 is 0 Å². The molecular formula is C15H13ClFN3O. The highest BCUT2D eigenvalue weighted by atomic mass is 35.5. The molecule has 1 aromatic carbocycles. The summed E-state index contributed by atoms with van der Waals surface area (Å²) in [7, 11) is 0. The molecule has 3 rings (SSSR count). The predicted molar refractivity (Wildman–Crippen MR) is 79.2 cm³/mol. The minimum Gasteiger partial charge on any atom is -0.472 e. The van der Waals surface area contributed by atoms with Gasteiger partial charge in [0, 0.05) is 18.0 Å². The highest BCUT2D eigenvalue weighted by molar-refractivity contribution is 6.33. The zero-order valence-electron chi connectivity index (χ0n) is 11.5. The van der Waals surface area contributed by atoms with Gasteiger partial charge in [-0.25, -0.2) is 14.4 Å². The molecule has 0 bridgehead atoms. The van der Waals surface area contributed by atoms with E-state index in [0.29, 0.717) is 22.1 Å². The minimum absolute atomic E-state index is 0.00161. The summed E-state index contributed by atoms with van der Waals surface area (Å²) in [6, 6.07) is 4.28. The fourth-order valence-electron chi connectivity index (χ4n) is 2.10. The molecule has 0 fully saturated rings. The summed E-state index contributed by atoms with van der Waals surface area (Å²) in [6.07, 6.45) is 5.07. The van der Waals surface area contributed by atoms with Crippen molar-refractivity contribution in [2.24, 2.45) is 0 Å². The zero-order valence-corrected chi connectivity index (χ0v) is 12.3. The van der Waals surface area contributed by atoms with E-state index in [1.807, 2.05) is 18.2 Å². The maximum absolute atomic E-state index is 13.2. The van der Waals surface area contributed by atoms with Crippen LogP contribution < -0.4 is 4.74 Å². The van der Waals surface area contributed by atoms with Crippen molar-refractivity contribution in [2.45, 2.75) is 20.0 Å². The van der Waals surface area contributed by atoms with Gasteiger partial charge in [0.1, 0.15) is 5.82 Å². The number of hydrogen-bond acceptors (Lipinski definition) is 3. The fourth-order valence-corrected chi connectivity index (χ4v) is 2.36. The normalized spacial score (nSPS) is 11.3. The molecule has 3 aromatic rings. The number of aromatic nitrogens is 3. The molecule has 108 valence electrons. The van der Waals surface area contributed by atoms with Crippen LogP contribution in [0.25, 0.3) is 16.9 Å². The van der Waals surface area contributed by atoms with E-state index in [-0.39, 0.29) is 11.9 Å². The van der Waals surface area contributed by atoms with Crippen LogP contribution in [-0.2, 0) is 0 Å². The van der Waals surface area contributed by atoms with Gasteiger partial charge < -0.3 is 4.74 Å². The van der Waals surface area contributed by atoms with Crippen molar-refractivity contribution in [1.29, 1.82) is 0 Å². The number of imidazole rings is 1. The van der Waals surface area contributed by atoms with E-state index in [2.05, 4.69) is 9.97 Å². The summed E-state index contributed by atoms with van der Waals surface area (Å²) in [5, 5.41) is 0.333. The second kappa shape index (κ2) is 5.33. The third kappa shape index (κ3) is 2.56. The first-order valence-corrected chi connectivity index (χ1v) is 6.88. The number of hydrogen-bond donors (Lipinski definition) is 0. The number of rotatable bonds is 3. The SMILES string of the molecule is CC(C)Oc1nccn2c(-c3ccc(F)cc3Cl)cnc12. The molecule has 0 saturated heterocycles.